The molecule has 410 valence electrons. The molecule has 0 unspecified atom stereocenters. The average molecular weight is 1090 g/mol. The molecule has 3 saturated heterocycles. The summed E-state index contributed by atoms with van der Waals surface area (Å²) in [6.45, 7) is 2.57. The van der Waals surface area contributed by atoms with E-state index in [-0.39, 0.29) is 42.5 Å². The lowest BCUT2D eigenvalue weighted by Crippen LogP contribution is -2.54. The van der Waals surface area contributed by atoms with E-state index in [4.69, 9.17) is 18.9 Å². The van der Waals surface area contributed by atoms with Gasteiger partial charge in [0.15, 0.2) is 0 Å². The minimum atomic E-state index is -2.21. The Morgan fingerprint density at radius 1 is 0.802 bits per heavy atom. The largest absolute Gasteiger partial charge is 0.491 e. The number of carbonyl (C=O) groups excluding carboxylic acids is 4. The number of carbonyl (C=O) groups is 4. The molecule has 0 radical (unpaired) electrons. The lowest BCUT2D eigenvalue weighted by molar-refractivity contribution is -0.384. The number of cyclic esters (lactones) is 1. The molecular weight excluding hydrogens is 1030 g/mol. The van der Waals surface area contributed by atoms with Gasteiger partial charge in [0.05, 0.1) is 55.0 Å². The molecular formula is C64H58N6O11. The maximum Gasteiger partial charge on any atom is 0.421 e. The number of morpholine rings is 2. The molecule has 3 fully saturated rings. The number of aliphatic hydroxyl groups excluding tert-OH is 1. The van der Waals surface area contributed by atoms with Crippen LogP contribution in [0, 0.1) is 27.9 Å². The standard InChI is InChI=1S/C64H58N6O11/c1-66(41-44-14-5-2-6-15-44)33-13-16-43-25-32-53-52(40-43)64(62(74)68(53)63(75)80-42-45-23-28-50(29-24-45)70(76)77)55(60(72)65-48-26-30-49(31-27-48)67-34-37-78-38-35-67)57-61(73)81-58(47-19-9-4-10-20-47)56(46-17-7-3-8-18-46)69(57)59(64)51-21-11-12-22-54(51)79-39-36-71/h2-12,14-15,17-32,40,55-59,71H,33-39,41-42H2,1H3,(H,65,72)/t55-,56-,57-,58+,59+,64-/m1/s1. The van der Waals surface area contributed by atoms with Crippen molar-refractivity contribution in [2.75, 3.05) is 68.2 Å². The number of ether oxygens (including phenoxy) is 4. The van der Waals surface area contributed by atoms with Crippen LogP contribution in [0.15, 0.2) is 182 Å². The highest BCUT2D eigenvalue weighted by Gasteiger charge is 2.76. The SMILES string of the molecule is CN(CC#Cc1ccc2c(c1)[C@]1(C(=O)N2C(=O)OCc2ccc([N+](=O)[O-])cc2)[C@H](c2ccccc2OCCO)N2[C@H](c3ccccc3)[C@H](c3ccccc3)OC(=O)[C@H]2[C@@H]1C(=O)Nc1ccc(N2CCOCC2)cc1)Cc1ccccc1. The van der Waals surface area contributed by atoms with Crippen molar-refractivity contribution < 1.29 is 48.2 Å². The molecule has 4 aliphatic rings. The molecule has 17 nitrogen and oxygen atoms in total. The number of nitro groups is 1. The molecule has 81 heavy (non-hydrogen) atoms. The van der Waals surface area contributed by atoms with Crippen LogP contribution in [-0.4, -0.2) is 103 Å². The summed E-state index contributed by atoms with van der Waals surface area (Å²) in [5.74, 6) is 2.79. The molecule has 4 heterocycles. The van der Waals surface area contributed by atoms with E-state index in [0.29, 0.717) is 72.9 Å². The van der Waals surface area contributed by atoms with E-state index in [2.05, 4.69) is 27.0 Å². The Bertz CT molecular complexity index is 3500. The van der Waals surface area contributed by atoms with Crippen molar-refractivity contribution in [1.29, 1.82) is 0 Å². The lowest BCUT2D eigenvalue weighted by Gasteiger charge is -2.46. The van der Waals surface area contributed by atoms with Crippen molar-refractivity contribution in [2.45, 2.75) is 42.8 Å². The topological polar surface area (TPSA) is 194 Å². The zero-order valence-electron chi connectivity index (χ0n) is 44.3. The highest BCUT2D eigenvalue weighted by atomic mass is 16.6. The van der Waals surface area contributed by atoms with E-state index in [1.54, 1.807) is 54.6 Å². The highest BCUT2D eigenvalue weighted by molar-refractivity contribution is 6.24. The number of aliphatic hydroxyl groups is 1. The van der Waals surface area contributed by atoms with Gasteiger partial charge in [-0.3, -0.25) is 34.3 Å². The fraction of sp³-hybridized carbons (Fsp3) is 0.250. The number of esters is 1. The van der Waals surface area contributed by atoms with Crippen LogP contribution < -0.4 is 19.9 Å². The smallest absolute Gasteiger partial charge is 0.421 e. The van der Waals surface area contributed by atoms with Gasteiger partial charge in [0.2, 0.25) is 11.8 Å². The molecule has 3 amide bonds. The van der Waals surface area contributed by atoms with Gasteiger partial charge in [-0.15, -0.1) is 0 Å². The van der Waals surface area contributed by atoms with Crippen LogP contribution in [0.4, 0.5) is 27.5 Å². The van der Waals surface area contributed by atoms with Crippen LogP contribution in [0.2, 0.25) is 0 Å². The first-order chi connectivity index (χ1) is 39.5. The van der Waals surface area contributed by atoms with Crippen molar-refractivity contribution in [2.24, 2.45) is 5.92 Å². The number of nitrogens with zero attached hydrogens (tertiary/aromatic N) is 5. The number of anilines is 3. The first-order valence-corrected chi connectivity index (χ1v) is 26.8. The lowest BCUT2D eigenvalue weighted by atomic mass is 9.65. The van der Waals surface area contributed by atoms with Gasteiger partial charge in [-0.2, -0.15) is 0 Å². The van der Waals surface area contributed by atoms with Gasteiger partial charge >= 0.3 is 12.1 Å². The Balaban J connectivity index is 1.13. The van der Waals surface area contributed by atoms with E-state index in [1.807, 2.05) is 115 Å². The molecule has 4 aliphatic heterocycles. The molecule has 6 atom stereocenters. The molecule has 7 aromatic rings. The Hall–Kier alpha value is -9.18. The van der Waals surface area contributed by atoms with Gasteiger partial charge in [-0.1, -0.05) is 121 Å². The zero-order chi connectivity index (χ0) is 56.0. The van der Waals surface area contributed by atoms with E-state index < -0.39 is 64.4 Å². The van der Waals surface area contributed by atoms with Gasteiger partial charge in [-0.25, -0.2) is 9.69 Å². The fourth-order valence-corrected chi connectivity index (χ4v) is 11.9. The first kappa shape index (κ1) is 53.8. The third-order valence-corrected chi connectivity index (χ3v) is 15.4. The summed E-state index contributed by atoms with van der Waals surface area (Å²) < 4.78 is 24.6. The predicted molar refractivity (Wildman–Crippen MR) is 302 cm³/mol. The van der Waals surface area contributed by atoms with Crippen LogP contribution in [0.1, 0.15) is 57.1 Å². The molecule has 17 heteroatoms. The Morgan fingerprint density at radius 2 is 1.47 bits per heavy atom. The molecule has 1 spiro atoms. The number of para-hydroxylation sites is 1. The quantitative estimate of drug-likeness (QED) is 0.0428. The van der Waals surface area contributed by atoms with Crippen molar-refractivity contribution in [3.63, 3.8) is 0 Å². The minimum Gasteiger partial charge on any atom is -0.491 e. The number of fused-ring (bicyclic) bond motifs is 3. The fourth-order valence-electron chi connectivity index (χ4n) is 11.9. The van der Waals surface area contributed by atoms with E-state index >= 15 is 19.2 Å². The van der Waals surface area contributed by atoms with Crippen LogP contribution in [0.3, 0.4) is 0 Å². The number of nitro benzene ring substituents is 1. The summed E-state index contributed by atoms with van der Waals surface area (Å²) in [6, 6.07) is 49.8. The highest BCUT2D eigenvalue weighted by Crippen LogP contribution is 2.67. The molecule has 0 saturated carbocycles. The van der Waals surface area contributed by atoms with Crippen molar-refractivity contribution >= 4 is 46.6 Å². The summed E-state index contributed by atoms with van der Waals surface area (Å²) in [4.78, 5) is 82.2. The Kier molecular flexibility index (Phi) is 15.7. The van der Waals surface area contributed by atoms with E-state index in [1.165, 1.54) is 24.3 Å². The number of hydrogen-bond donors (Lipinski definition) is 2. The number of hydrogen-bond acceptors (Lipinski definition) is 14. The van der Waals surface area contributed by atoms with Crippen LogP contribution >= 0.6 is 0 Å². The van der Waals surface area contributed by atoms with Crippen molar-refractivity contribution in [3.8, 4) is 17.6 Å². The zero-order valence-corrected chi connectivity index (χ0v) is 44.3. The molecule has 7 aromatic carbocycles. The molecule has 11 rings (SSSR count). The third kappa shape index (κ3) is 10.6. The predicted octanol–water partition coefficient (Wildman–Crippen LogP) is 8.93. The molecule has 0 aromatic heterocycles. The second-order valence-electron chi connectivity index (χ2n) is 20.3. The number of amides is 3. The Labute approximate surface area is 468 Å². The van der Waals surface area contributed by atoms with Crippen molar-refractivity contribution in [3.05, 3.63) is 231 Å². The number of nitrogens with one attached hydrogen (secondary N) is 1. The van der Waals surface area contributed by atoms with Crippen LogP contribution in [0.5, 0.6) is 5.75 Å². The van der Waals surface area contributed by atoms with E-state index in [0.717, 1.165) is 16.2 Å². The number of rotatable bonds is 15. The molecule has 2 N–H and O–H groups in total. The summed E-state index contributed by atoms with van der Waals surface area (Å²) in [6.07, 6.45) is -2.10. The van der Waals surface area contributed by atoms with E-state index in [9.17, 15) is 15.2 Å². The number of non-ortho nitro benzene ring substituents is 1. The van der Waals surface area contributed by atoms with Crippen LogP contribution in [-0.2, 0) is 47.2 Å². The Morgan fingerprint density at radius 3 is 2.16 bits per heavy atom. The normalized spacial score (nSPS) is 21.1. The number of imide groups is 1. The average Bonchev–Trinajstić information content (AvgIpc) is 1.70. The summed E-state index contributed by atoms with van der Waals surface area (Å²) in [5, 5.41) is 24.9. The minimum absolute atomic E-state index is 0.0796. The number of benzene rings is 7. The molecule has 0 bridgehead atoms. The van der Waals surface area contributed by atoms with Gasteiger partial charge in [0.1, 0.15) is 36.5 Å². The maximum atomic E-state index is 16.9. The maximum absolute atomic E-state index is 16.9. The van der Waals surface area contributed by atoms with Gasteiger partial charge in [0, 0.05) is 54.3 Å². The van der Waals surface area contributed by atoms with Gasteiger partial charge in [0.25, 0.3) is 5.69 Å². The summed E-state index contributed by atoms with van der Waals surface area (Å²) in [7, 11) is 1.96. The third-order valence-electron chi connectivity index (χ3n) is 15.4. The van der Waals surface area contributed by atoms with Crippen molar-refractivity contribution in [1.82, 2.24) is 9.80 Å². The monoisotopic (exact) mass is 1090 g/mol. The second kappa shape index (κ2) is 23.7. The van der Waals surface area contributed by atoms with Gasteiger partial charge in [-0.05, 0) is 95.5 Å². The first-order valence-electron chi connectivity index (χ1n) is 26.8. The summed E-state index contributed by atoms with van der Waals surface area (Å²) in [5.41, 5.74) is 2.89. The van der Waals surface area contributed by atoms with Crippen LogP contribution in [0.25, 0.3) is 0 Å². The second-order valence-corrected chi connectivity index (χ2v) is 20.3. The summed E-state index contributed by atoms with van der Waals surface area (Å²) >= 11 is 0. The molecule has 0 aliphatic carbocycles. The van der Waals surface area contributed by atoms with Gasteiger partial charge < -0.3 is 34.3 Å².